The number of hydrogen-bond acceptors (Lipinski definition) is 2. The molecular weight excluding hydrogens is 172 g/mol. The standard InChI is InChI=1S/C12H18N2/c1-12(2)10(8-11(12)13-3)9-4-6-14-7-5-9/h4-7,10-11,13H,8H2,1-3H3. The van der Waals surface area contributed by atoms with Gasteiger partial charge in [0.15, 0.2) is 0 Å². The van der Waals surface area contributed by atoms with E-state index in [9.17, 15) is 0 Å². The van der Waals surface area contributed by atoms with Gasteiger partial charge in [-0.15, -0.1) is 0 Å². The van der Waals surface area contributed by atoms with E-state index in [2.05, 4.69) is 43.3 Å². The summed E-state index contributed by atoms with van der Waals surface area (Å²) in [5.41, 5.74) is 1.80. The van der Waals surface area contributed by atoms with E-state index in [1.54, 1.807) is 0 Å². The van der Waals surface area contributed by atoms with Crippen LogP contribution in [0, 0.1) is 5.41 Å². The molecule has 1 N–H and O–H groups in total. The van der Waals surface area contributed by atoms with Gasteiger partial charge in [0.2, 0.25) is 0 Å². The van der Waals surface area contributed by atoms with Gasteiger partial charge in [-0.3, -0.25) is 4.98 Å². The lowest BCUT2D eigenvalue weighted by atomic mass is 9.56. The second-order valence-electron chi connectivity index (χ2n) is 4.73. The number of nitrogens with one attached hydrogen (secondary N) is 1. The first-order chi connectivity index (χ1) is 6.66. The van der Waals surface area contributed by atoms with Gasteiger partial charge in [-0.1, -0.05) is 13.8 Å². The number of rotatable bonds is 2. The first-order valence-electron chi connectivity index (χ1n) is 5.23. The molecule has 1 aliphatic rings. The Balaban J connectivity index is 2.17. The molecule has 0 aliphatic heterocycles. The summed E-state index contributed by atoms with van der Waals surface area (Å²) >= 11 is 0. The molecule has 1 fully saturated rings. The summed E-state index contributed by atoms with van der Waals surface area (Å²) < 4.78 is 0. The molecule has 2 atom stereocenters. The third-order valence-electron chi connectivity index (χ3n) is 3.72. The molecular formula is C12H18N2. The van der Waals surface area contributed by atoms with Crippen LogP contribution in [0.1, 0.15) is 31.7 Å². The molecule has 0 bridgehead atoms. The maximum atomic E-state index is 4.06. The highest BCUT2D eigenvalue weighted by molar-refractivity contribution is 5.25. The lowest BCUT2D eigenvalue weighted by Crippen LogP contribution is -2.54. The van der Waals surface area contributed by atoms with E-state index in [1.165, 1.54) is 12.0 Å². The van der Waals surface area contributed by atoms with E-state index in [-0.39, 0.29) is 0 Å². The van der Waals surface area contributed by atoms with E-state index in [1.807, 2.05) is 12.4 Å². The number of nitrogens with zero attached hydrogens (tertiary/aromatic N) is 1. The smallest absolute Gasteiger partial charge is 0.0270 e. The number of pyridine rings is 1. The minimum atomic E-state index is 0.371. The van der Waals surface area contributed by atoms with Crippen molar-refractivity contribution in [1.29, 1.82) is 0 Å². The molecule has 0 spiro atoms. The van der Waals surface area contributed by atoms with Crippen LogP contribution >= 0.6 is 0 Å². The lowest BCUT2D eigenvalue weighted by Gasteiger charge is -2.52. The Morgan fingerprint density at radius 1 is 1.36 bits per heavy atom. The average molecular weight is 190 g/mol. The first-order valence-corrected chi connectivity index (χ1v) is 5.23. The van der Waals surface area contributed by atoms with Gasteiger partial charge >= 0.3 is 0 Å². The summed E-state index contributed by atoms with van der Waals surface area (Å²) in [5, 5.41) is 3.38. The number of aromatic nitrogens is 1. The lowest BCUT2D eigenvalue weighted by molar-refractivity contribution is 0.0751. The van der Waals surface area contributed by atoms with Gasteiger partial charge in [0.1, 0.15) is 0 Å². The monoisotopic (exact) mass is 190 g/mol. The van der Waals surface area contributed by atoms with Gasteiger partial charge in [0, 0.05) is 18.4 Å². The second-order valence-corrected chi connectivity index (χ2v) is 4.73. The molecule has 0 aromatic carbocycles. The highest BCUT2D eigenvalue weighted by Crippen LogP contribution is 2.52. The van der Waals surface area contributed by atoms with Crippen molar-refractivity contribution in [2.24, 2.45) is 5.41 Å². The SMILES string of the molecule is CNC1CC(c2ccncc2)C1(C)C. The first kappa shape index (κ1) is 9.66. The van der Waals surface area contributed by atoms with Crippen LogP contribution in [-0.4, -0.2) is 18.1 Å². The van der Waals surface area contributed by atoms with E-state index in [4.69, 9.17) is 0 Å². The Morgan fingerprint density at radius 2 is 2.00 bits per heavy atom. The fraction of sp³-hybridized carbons (Fsp3) is 0.583. The highest BCUT2D eigenvalue weighted by Gasteiger charge is 2.47. The molecule has 14 heavy (non-hydrogen) atoms. The largest absolute Gasteiger partial charge is 0.316 e. The second kappa shape index (κ2) is 3.35. The van der Waals surface area contributed by atoms with Gasteiger partial charge in [-0.25, -0.2) is 0 Å². The van der Waals surface area contributed by atoms with Crippen LogP contribution in [0.3, 0.4) is 0 Å². The van der Waals surface area contributed by atoms with Crippen LogP contribution in [0.15, 0.2) is 24.5 Å². The highest BCUT2D eigenvalue weighted by atomic mass is 14.9. The van der Waals surface area contributed by atoms with Crippen LogP contribution in [0.4, 0.5) is 0 Å². The molecule has 1 aromatic heterocycles. The van der Waals surface area contributed by atoms with Crippen LogP contribution in [0.2, 0.25) is 0 Å². The fourth-order valence-corrected chi connectivity index (χ4v) is 2.58. The zero-order valence-electron chi connectivity index (χ0n) is 9.12. The minimum Gasteiger partial charge on any atom is -0.316 e. The van der Waals surface area contributed by atoms with Crippen LogP contribution in [-0.2, 0) is 0 Å². The zero-order valence-corrected chi connectivity index (χ0v) is 9.12. The van der Waals surface area contributed by atoms with Crippen molar-refractivity contribution in [2.75, 3.05) is 7.05 Å². The molecule has 1 aliphatic carbocycles. The maximum Gasteiger partial charge on any atom is 0.0270 e. The average Bonchev–Trinajstić information content (AvgIpc) is 2.18. The fourth-order valence-electron chi connectivity index (χ4n) is 2.58. The van der Waals surface area contributed by atoms with Gasteiger partial charge < -0.3 is 5.32 Å². The Hall–Kier alpha value is -0.890. The predicted molar refractivity (Wildman–Crippen MR) is 58.2 cm³/mol. The molecule has 1 saturated carbocycles. The van der Waals surface area contributed by atoms with Gasteiger partial charge in [0.05, 0.1) is 0 Å². The summed E-state index contributed by atoms with van der Waals surface area (Å²) in [7, 11) is 2.05. The van der Waals surface area contributed by atoms with Crippen molar-refractivity contribution < 1.29 is 0 Å². The predicted octanol–water partition coefficient (Wildman–Crippen LogP) is 2.18. The quantitative estimate of drug-likeness (QED) is 0.773. The topological polar surface area (TPSA) is 24.9 Å². The Bertz CT molecular complexity index is 305. The Kier molecular flexibility index (Phi) is 2.31. The van der Waals surface area contributed by atoms with Crippen molar-refractivity contribution in [1.82, 2.24) is 10.3 Å². The van der Waals surface area contributed by atoms with Crippen molar-refractivity contribution in [3.8, 4) is 0 Å². The van der Waals surface area contributed by atoms with Crippen molar-refractivity contribution in [2.45, 2.75) is 32.2 Å². The molecule has 0 saturated heterocycles. The van der Waals surface area contributed by atoms with Crippen LogP contribution in [0.5, 0.6) is 0 Å². The normalized spacial score (nSPS) is 29.6. The molecule has 76 valence electrons. The van der Waals surface area contributed by atoms with Crippen molar-refractivity contribution in [3.05, 3.63) is 30.1 Å². The third kappa shape index (κ3) is 1.34. The van der Waals surface area contributed by atoms with Gasteiger partial charge in [-0.05, 0) is 42.5 Å². The molecule has 0 radical (unpaired) electrons. The van der Waals surface area contributed by atoms with Crippen molar-refractivity contribution in [3.63, 3.8) is 0 Å². The summed E-state index contributed by atoms with van der Waals surface area (Å²) in [6.45, 7) is 4.67. The van der Waals surface area contributed by atoms with Gasteiger partial charge in [0.25, 0.3) is 0 Å². The van der Waals surface area contributed by atoms with Crippen molar-refractivity contribution >= 4 is 0 Å². The number of hydrogen-bond donors (Lipinski definition) is 1. The summed E-state index contributed by atoms with van der Waals surface area (Å²) in [5.74, 6) is 0.683. The van der Waals surface area contributed by atoms with Crippen LogP contribution in [0.25, 0.3) is 0 Å². The Labute approximate surface area is 85.7 Å². The summed E-state index contributed by atoms with van der Waals surface area (Å²) in [6, 6.07) is 4.93. The Morgan fingerprint density at radius 3 is 2.50 bits per heavy atom. The maximum absolute atomic E-state index is 4.06. The molecule has 2 heteroatoms. The van der Waals surface area contributed by atoms with Gasteiger partial charge in [-0.2, -0.15) is 0 Å². The summed E-state index contributed by atoms with van der Waals surface area (Å²) in [4.78, 5) is 4.06. The molecule has 1 heterocycles. The molecule has 0 amide bonds. The molecule has 1 aromatic rings. The molecule has 2 nitrogen and oxygen atoms in total. The van der Waals surface area contributed by atoms with E-state index in [0.29, 0.717) is 17.4 Å². The van der Waals surface area contributed by atoms with E-state index in [0.717, 1.165) is 0 Å². The van der Waals surface area contributed by atoms with E-state index >= 15 is 0 Å². The molecule has 2 unspecified atom stereocenters. The minimum absolute atomic E-state index is 0.371. The summed E-state index contributed by atoms with van der Waals surface area (Å²) in [6.07, 6.45) is 5.02. The third-order valence-corrected chi connectivity index (χ3v) is 3.72. The zero-order chi connectivity index (χ0) is 10.2. The van der Waals surface area contributed by atoms with Crippen LogP contribution < -0.4 is 5.32 Å². The van der Waals surface area contributed by atoms with E-state index < -0.39 is 0 Å². The molecule has 2 rings (SSSR count).